The summed E-state index contributed by atoms with van der Waals surface area (Å²) in [5.74, 6) is 2.52. The number of ketones is 1. The quantitative estimate of drug-likeness (QED) is 0.674. The molecule has 0 aliphatic carbocycles. The number of phenols is 1. The van der Waals surface area contributed by atoms with Crippen LogP contribution in [-0.4, -0.2) is 50.2 Å². The van der Waals surface area contributed by atoms with Gasteiger partial charge in [-0.3, -0.25) is 9.69 Å². The highest BCUT2D eigenvalue weighted by Gasteiger charge is 2.32. The standard InChI is InChI=1S/C25H29NO6/c1-15-6-5-11-26(13-15)14-18-19(27)9-8-17-22(28)21(32-24(17)18)12-16-7-10-20(29-2)25(31-4)23(16)30-3/h7-10,12,15,27H,5-6,11,13-14H2,1-4H3/b21-12-. The molecule has 1 saturated heterocycles. The van der Waals surface area contributed by atoms with Gasteiger partial charge in [0, 0.05) is 18.7 Å². The van der Waals surface area contributed by atoms with Crippen molar-refractivity contribution in [3.63, 3.8) is 0 Å². The average molecular weight is 440 g/mol. The van der Waals surface area contributed by atoms with Crippen LogP contribution in [0.4, 0.5) is 0 Å². The maximum absolute atomic E-state index is 13.1. The van der Waals surface area contributed by atoms with E-state index in [4.69, 9.17) is 18.9 Å². The van der Waals surface area contributed by atoms with Crippen molar-refractivity contribution in [1.29, 1.82) is 0 Å². The van der Waals surface area contributed by atoms with Crippen molar-refractivity contribution in [1.82, 2.24) is 4.90 Å². The summed E-state index contributed by atoms with van der Waals surface area (Å²) in [4.78, 5) is 15.4. The number of allylic oxidation sites excluding steroid dienone is 1. The molecule has 0 amide bonds. The molecule has 0 aromatic heterocycles. The lowest BCUT2D eigenvalue weighted by Crippen LogP contribution is -2.33. The number of benzene rings is 2. The van der Waals surface area contributed by atoms with Gasteiger partial charge >= 0.3 is 0 Å². The number of aromatic hydroxyl groups is 1. The second-order valence-electron chi connectivity index (χ2n) is 8.29. The Balaban J connectivity index is 1.69. The first-order valence-corrected chi connectivity index (χ1v) is 10.8. The van der Waals surface area contributed by atoms with Gasteiger partial charge in [0.15, 0.2) is 17.3 Å². The second kappa shape index (κ2) is 9.12. The molecular formula is C25H29NO6. The number of rotatable bonds is 6. The number of Topliss-reactive ketones (excluding diaryl/α,β-unsaturated/α-hetero) is 1. The zero-order chi connectivity index (χ0) is 22.8. The Hall–Kier alpha value is -3.19. The number of ether oxygens (including phenoxy) is 4. The molecule has 1 unspecified atom stereocenters. The third kappa shape index (κ3) is 4.00. The van der Waals surface area contributed by atoms with Gasteiger partial charge in [-0.1, -0.05) is 6.92 Å². The largest absolute Gasteiger partial charge is 0.507 e. The van der Waals surface area contributed by atoms with Crippen LogP contribution in [-0.2, 0) is 6.54 Å². The molecule has 7 heteroatoms. The molecule has 2 aromatic rings. The Kier molecular flexibility index (Phi) is 6.28. The Labute approximate surface area is 188 Å². The van der Waals surface area contributed by atoms with E-state index in [0.29, 0.717) is 52.2 Å². The predicted octanol–water partition coefficient (Wildman–Crippen LogP) is 4.27. The molecule has 7 nitrogen and oxygen atoms in total. The SMILES string of the molecule is COc1ccc(/C=C2\Oc3c(ccc(O)c3CN3CCCC(C)C3)C2=O)c(OC)c1OC. The van der Waals surface area contributed by atoms with Crippen LogP contribution in [0, 0.1) is 5.92 Å². The first kappa shape index (κ1) is 22.0. The summed E-state index contributed by atoms with van der Waals surface area (Å²) in [6.07, 6.45) is 3.97. The summed E-state index contributed by atoms with van der Waals surface area (Å²) < 4.78 is 22.3. The summed E-state index contributed by atoms with van der Waals surface area (Å²) >= 11 is 0. The molecule has 32 heavy (non-hydrogen) atoms. The maximum Gasteiger partial charge on any atom is 0.231 e. The lowest BCUT2D eigenvalue weighted by Gasteiger charge is -2.31. The van der Waals surface area contributed by atoms with Crippen LogP contribution in [0.3, 0.4) is 0 Å². The fraction of sp³-hybridized carbons (Fsp3) is 0.400. The Morgan fingerprint density at radius 2 is 1.91 bits per heavy atom. The van der Waals surface area contributed by atoms with Crippen molar-refractivity contribution in [2.45, 2.75) is 26.3 Å². The molecule has 0 spiro atoms. The van der Waals surface area contributed by atoms with Crippen LogP contribution in [0.15, 0.2) is 30.0 Å². The van der Waals surface area contributed by atoms with Crippen LogP contribution in [0.25, 0.3) is 6.08 Å². The van der Waals surface area contributed by atoms with Gasteiger partial charge in [-0.05, 0) is 55.6 Å². The van der Waals surface area contributed by atoms with E-state index in [9.17, 15) is 9.90 Å². The van der Waals surface area contributed by atoms with Gasteiger partial charge < -0.3 is 24.1 Å². The molecule has 2 heterocycles. The van der Waals surface area contributed by atoms with E-state index in [-0.39, 0.29) is 17.3 Å². The van der Waals surface area contributed by atoms with Gasteiger partial charge in [0.1, 0.15) is 11.5 Å². The molecule has 0 radical (unpaired) electrons. The minimum atomic E-state index is -0.231. The summed E-state index contributed by atoms with van der Waals surface area (Å²) in [6, 6.07) is 6.71. The number of nitrogens with zero attached hydrogens (tertiary/aromatic N) is 1. The van der Waals surface area contributed by atoms with E-state index in [2.05, 4.69) is 11.8 Å². The lowest BCUT2D eigenvalue weighted by molar-refractivity contribution is 0.101. The number of likely N-dealkylation sites (tertiary alicyclic amines) is 1. The van der Waals surface area contributed by atoms with Gasteiger partial charge in [-0.15, -0.1) is 0 Å². The molecule has 0 bridgehead atoms. The van der Waals surface area contributed by atoms with Crippen molar-refractivity contribution in [2.24, 2.45) is 5.92 Å². The van der Waals surface area contributed by atoms with E-state index < -0.39 is 0 Å². The Morgan fingerprint density at radius 3 is 2.59 bits per heavy atom. The fourth-order valence-corrected chi connectivity index (χ4v) is 4.48. The van der Waals surface area contributed by atoms with Crippen molar-refractivity contribution in [3.8, 4) is 28.7 Å². The third-order valence-electron chi connectivity index (χ3n) is 6.06. The minimum absolute atomic E-state index is 0.139. The van der Waals surface area contributed by atoms with Crippen LogP contribution in [0.1, 0.15) is 41.3 Å². The van der Waals surface area contributed by atoms with Gasteiger partial charge in [0.25, 0.3) is 0 Å². The summed E-state index contributed by atoms with van der Waals surface area (Å²) in [6.45, 7) is 4.70. The number of fused-ring (bicyclic) bond motifs is 1. The van der Waals surface area contributed by atoms with E-state index in [1.54, 1.807) is 37.5 Å². The molecule has 4 rings (SSSR count). The molecule has 1 atom stereocenters. The lowest BCUT2D eigenvalue weighted by atomic mass is 9.99. The molecule has 2 aliphatic rings. The van der Waals surface area contributed by atoms with E-state index in [1.165, 1.54) is 20.6 Å². The third-order valence-corrected chi connectivity index (χ3v) is 6.06. The minimum Gasteiger partial charge on any atom is -0.507 e. The summed E-state index contributed by atoms with van der Waals surface area (Å²) in [5, 5.41) is 10.6. The van der Waals surface area contributed by atoms with Gasteiger partial charge in [0.2, 0.25) is 11.5 Å². The number of carbonyl (C=O) groups is 1. The summed E-state index contributed by atoms with van der Waals surface area (Å²) in [5.41, 5.74) is 1.72. The second-order valence-corrected chi connectivity index (χ2v) is 8.29. The van der Waals surface area contributed by atoms with Gasteiger partial charge in [-0.2, -0.15) is 0 Å². The monoisotopic (exact) mass is 439 g/mol. The predicted molar refractivity (Wildman–Crippen MR) is 121 cm³/mol. The molecule has 1 N–H and O–H groups in total. The van der Waals surface area contributed by atoms with E-state index in [0.717, 1.165) is 19.5 Å². The van der Waals surface area contributed by atoms with Crippen LogP contribution in [0.2, 0.25) is 0 Å². The zero-order valence-electron chi connectivity index (χ0n) is 18.9. The Morgan fingerprint density at radius 1 is 1.12 bits per heavy atom. The average Bonchev–Trinajstić information content (AvgIpc) is 3.10. The van der Waals surface area contributed by atoms with Crippen LogP contribution in [0.5, 0.6) is 28.7 Å². The molecule has 170 valence electrons. The summed E-state index contributed by atoms with van der Waals surface area (Å²) in [7, 11) is 4.61. The van der Waals surface area contributed by atoms with Crippen molar-refractivity contribution >= 4 is 11.9 Å². The van der Waals surface area contributed by atoms with E-state index in [1.807, 2.05) is 0 Å². The number of carbonyl (C=O) groups excluding carboxylic acids is 1. The number of hydrogen-bond donors (Lipinski definition) is 1. The number of methoxy groups -OCH3 is 3. The van der Waals surface area contributed by atoms with Crippen molar-refractivity contribution in [3.05, 3.63) is 46.7 Å². The fourth-order valence-electron chi connectivity index (χ4n) is 4.48. The van der Waals surface area contributed by atoms with Crippen LogP contribution >= 0.6 is 0 Å². The molecule has 2 aromatic carbocycles. The highest BCUT2D eigenvalue weighted by atomic mass is 16.5. The van der Waals surface area contributed by atoms with Crippen molar-refractivity contribution in [2.75, 3.05) is 34.4 Å². The molecular weight excluding hydrogens is 410 g/mol. The highest BCUT2D eigenvalue weighted by molar-refractivity contribution is 6.15. The first-order chi connectivity index (χ1) is 15.5. The molecule has 2 aliphatic heterocycles. The molecule has 1 fully saturated rings. The maximum atomic E-state index is 13.1. The highest BCUT2D eigenvalue weighted by Crippen LogP contribution is 2.43. The number of phenolic OH excluding ortho intramolecular Hbond substituents is 1. The van der Waals surface area contributed by atoms with Gasteiger partial charge in [-0.25, -0.2) is 0 Å². The molecule has 0 saturated carbocycles. The number of piperidine rings is 1. The number of hydrogen-bond acceptors (Lipinski definition) is 7. The smallest absolute Gasteiger partial charge is 0.231 e. The van der Waals surface area contributed by atoms with Gasteiger partial charge in [0.05, 0.1) is 32.5 Å². The van der Waals surface area contributed by atoms with Crippen LogP contribution < -0.4 is 18.9 Å². The van der Waals surface area contributed by atoms with Crippen molar-refractivity contribution < 1.29 is 28.8 Å². The topological polar surface area (TPSA) is 77.5 Å². The van der Waals surface area contributed by atoms with E-state index >= 15 is 0 Å². The Bertz CT molecular complexity index is 1060. The zero-order valence-corrected chi connectivity index (χ0v) is 18.9. The normalized spacial score (nSPS) is 19.6. The first-order valence-electron chi connectivity index (χ1n) is 10.8.